The fraction of sp³-hybridized carbons (Fsp3) is 0. The van der Waals surface area contributed by atoms with Gasteiger partial charge in [0.25, 0.3) is 0 Å². The molecule has 0 saturated heterocycles. The Morgan fingerprint density at radius 1 is 0.487 bits per heavy atom. The first-order valence-corrected chi connectivity index (χ1v) is 12.9. The molecule has 39 heavy (non-hydrogen) atoms. The number of aromatic nitrogens is 3. The Morgan fingerprint density at radius 2 is 1.18 bits per heavy atom. The number of fused-ring (bicyclic) bond motifs is 9. The number of hydrogen-bond donors (Lipinski definition) is 0. The summed E-state index contributed by atoms with van der Waals surface area (Å²) in [5, 5.41) is 6.38. The molecular weight excluding hydrogens is 482 g/mol. The molecule has 0 unspecified atom stereocenters. The van der Waals surface area contributed by atoms with Crippen LogP contribution in [-0.2, 0) is 0 Å². The van der Waals surface area contributed by atoms with Crippen LogP contribution >= 0.6 is 0 Å². The van der Waals surface area contributed by atoms with E-state index in [2.05, 4.69) is 65.2 Å². The van der Waals surface area contributed by atoms with Crippen molar-refractivity contribution < 1.29 is 8.83 Å². The first-order chi connectivity index (χ1) is 19.3. The van der Waals surface area contributed by atoms with Crippen LogP contribution in [0, 0.1) is 0 Å². The Labute approximate surface area is 221 Å². The van der Waals surface area contributed by atoms with Crippen molar-refractivity contribution in [2.45, 2.75) is 0 Å². The Kier molecular flexibility index (Phi) is 3.99. The van der Waals surface area contributed by atoms with E-state index >= 15 is 0 Å². The molecule has 0 saturated carbocycles. The Hall–Kier alpha value is -5.42. The number of benzene rings is 5. The zero-order valence-electron chi connectivity index (χ0n) is 20.6. The molecule has 4 heterocycles. The van der Waals surface area contributed by atoms with E-state index in [0.29, 0.717) is 11.7 Å². The molecule has 0 N–H and O–H groups in total. The Bertz CT molecular complexity index is 2390. The fourth-order valence-electron chi connectivity index (χ4n) is 5.92. The predicted octanol–water partition coefficient (Wildman–Crippen LogP) is 9.04. The highest BCUT2D eigenvalue weighted by molar-refractivity contribution is 6.17. The Morgan fingerprint density at radius 3 is 2.03 bits per heavy atom. The normalized spacial score (nSPS) is 12.1. The average Bonchev–Trinajstić information content (AvgIpc) is 3.65. The SMILES string of the molecule is c1ccc(-c2nc(-n3c4ccccc4c4cc5c(cc43)oc3ccccc35)nc3oc4ccccc4c23)cc1. The largest absolute Gasteiger partial charge is 0.456 e. The van der Waals surface area contributed by atoms with Crippen LogP contribution in [0.5, 0.6) is 0 Å². The van der Waals surface area contributed by atoms with Gasteiger partial charge in [-0.2, -0.15) is 4.98 Å². The smallest absolute Gasteiger partial charge is 0.238 e. The highest BCUT2D eigenvalue weighted by atomic mass is 16.3. The Balaban J connectivity index is 1.44. The van der Waals surface area contributed by atoms with Gasteiger partial charge < -0.3 is 8.83 Å². The highest BCUT2D eigenvalue weighted by Gasteiger charge is 2.21. The van der Waals surface area contributed by atoms with Gasteiger partial charge in [0, 0.05) is 38.6 Å². The molecule has 0 aliphatic rings. The van der Waals surface area contributed by atoms with Crippen molar-refractivity contribution in [3.8, 4) is 17.2 Å². The van der Waals surface area contributed by atoms with Gasteiger partial charge in [0.2, 0.25) is 11.7 Å². The van der Waals surface area contributed by atoms with Crippen molar-refractivity contribution in [1.82, 2.24) is 14.5 Å². The molecule has 0 aliphatic carbocycles. The van der Waals surface area contributed by atoms with Crippen LogP contribution in [0.3, 0.4) is 0 Å². The number of para-hydroxylation sites is 3. The third-order valence-corrected chi connectivity index (χ3v) is 7.65. The lowest BCUT2D eigenvalue weighted by molar-refractivity contribution is 0.651. The van der Waals surface area contributed by atoms with Gasteiger partial charge in [-0.1, -0.05) is 84.9 Å². The molecule has 0 fully saturated rings. The van der Waals surface area contributed by atoms with Gasteiger partial charge >= 0.3 is 0 Å². The number of rotatable bonds is 2. The van der Waals surface area contributed by atoms with Crippen LogP contribution in [0.2, 0.25) is 0 Å². The summed E-state index contributed by atoms with van der Waals surface area (Å²) in [5.74, 6) is 0.557. The maximum absolute atomic E-state index is 6.30. The van der Waals surface area contributed by atoms with E-state index in [4.69, 9.17) is 18.8 Å². The predicted molar refractivity (Wildman–Crippen MR) is 156 cm³/mol. The van der Waals surface area contributed by atoms with E-state index in [9.17, 15) is 0 Å². The zero-order valence-corrected chi connectivity index (χ0v) is 20.6. The molecule has 9 rings (SSSR count). The quantitative estimate of drug-likeness (QED) is 0.237. The van der Waals surface area contributed by atoms with E-state index < -0.39 is 0 Å². The maximum Gasteiger partial charge on any atom is 0.238 e. The molecule has 0 spiro atoms. The van der Waals surface area contributed by atoms with E-state index in [1.165, 1.54) is 0 Å². The lowest BCUT2D eigenvalue weighted by Crippen LogP contribution is -2.02. The van der Waals surface area contributed by atoms with Crippen molar-refractivity contribution in [1.29, 1.82) is 0 Å². The monoisotopic (exact) mass is 501 g/mol. The van der Waals surface area contributed by atoms with Gasteiger partial charge in [-0.05, 0) is 24.3 Å². The minimum Gasteiger partial charge on any atom is -0.456 e. The molecule has 0 atom stereocenters. The molecule has 0 amide bonds. The molecule has 182 valence electrons. The number of furan rings is 2. The molecule has 0 aliphatic heterocycles. The van der Waals surface area contributed by atoms with Gasteiger partial charge in [0.05, 0.1) is 22.1 Å². The van der Waals surface area contributed by atoms with Gasteiger partial charge in [0.1, 0.15) is 16.7 Å². The van der Waals surface area contributed by atoms with Crippen molar-refractivity contribution in [3.63, 3.8) is 0 Å². The van der Waals surface area contributed by atoms with Gasteiger partial charge in [-0.25, -0.2) is 4.98 Å². The van der Waals surface area contributed by atoms with Crippen molar-refractivity contribution in [3.05, 3.63) is 115 Å². The van der Waals surface area contributed by atoms with Crippen LogP contribution in [0.25, 0.3) is 83.0 Å². The minimum absolute atomic E-state index is 0.557. The van der Waals surface area contributed by atoms with E-state index in [0.717, 1.165) is 71.4 Å². The second-order valence-electron chi connectivity index (χ2n) is 9.83. The molecular formula is C34H19N3O2. The van der Waals surface area contributed by atoms with Gasteiger partial charge in [0.15, 0.2) is 0 Å². The maximum atomic E-state index is 6.30. The molecule has 0 bridgehead atoms. The van der Waals surface area contributed by atoms with Crippen LogP contribution in [0.1, 0.15) is 0 Å². The topological polar surface area (TPSA) is 57.0 Å². The lowest BCUT2D eigenvalue weighted by atomic mass is 10.1. The van der Waals surface area contributed by atoms with Crippen molar-refractivity contribution in [2.75, 3.05) is 0 Å². The minimum atomic E-state index is 0.557. The van der Waals surface area contributed by atoms with Crippen LogP contribution in [0.4, 0.5) is 0 Å². The molecule has 4 aromatic heterocycles. The van der Waals surface area contributed by atoms with E-state index in [1.807, 2.05) is 54.6 Å². The van der Waals surface area contributed by atoms with Gasteiger partial charge in [-0.15, -0.1) is 0 Å². The second-order valence-corrected chi connectivity index (χ2v) is 9.83. The summed E-state index contributed by atoms with van der Waals surface area (Å²) in [6.45, 7) is 0. The first-order valence-electron chi connectivity index (χ1n) is 12.9. The van der Waals surface area contributed by atoms with Crippen molar-refractivity contribution >= 4 is 65.8 Å². The lowest BCUT2D eigenvalue weighted by Gasteiger charge is -2.09. The third-order valence-electron chi connectivity index (χ3n) is 7.65. The molecule has 5 aromatic carbocycles. The summed E-state index contributed by atoms with van der Waals surface area (Å²) < 4.78 is 14.7. The van der Waals surface area contributed by atoms with E-state index in [-0.39, 0.29) is 0 Å². The van der Waals surface area contributed by atoms with Crippen LogP contribution in [-0.4, -0.2) is 14.5 Å². The standard InChI is InChI=1S/C34H19N3O2/c1-2-10-20(11-3-1)32-31-23-14-6-9-17-29(23)39-33(31)36-34(35-32)37-26-15-7-4-12-21(26)24-18-25-22-13-5-8-16-28(22)38-30(25)19-27(24)37/h1-19H. The van der Waals surface area contributed by atoms with E-state index in [1.54, 1.807) is 0 Å². The summed E-state index contributed by atoms with van der Waals surface area (Å²) in [5.41, 5.74) is 6.94. The third kappa shape index (κ3) is 2.84. The molecule has 5 heteroatoms. The molecule has 0 radical (unpaired) electrons. The summed E-state index contributed by atoms with van der Waals surface area (Å²) in [4.78, 5) is 10.2. The summed E-state index contributed by atoms with van der Waals surface area (Å²) >= 11 is 0. The first kappa shape index (κ1) is 20.6. The highest BCUT2D eigenvalue weighted by Crippen LogP contribution is 2.40. The second kappa shape index (κ2) is 7.55. The zero-order chi connectivity index (χ0) is 25.5. The fourth-order valence-corrected chi connectivity index (χ4v) is 5.92. The van der Waals surface area contributed by atoms with Crippen molar-refractivity contribution in [2.24, 2.45) is 0 Å². The summed E-state index contributed by atoms with van der Waals surface area (Å²) in [6, 6.07) is 39.2. The molecule has 5 nitrogen and oxygen atoms in total. The number of nitrogens with zero attached hydrogens (tertiary/aromatic N) is 3. The van der Waals surface area contributed by atoms with Crippen LogP contribution in [0.15, 0.2) is 124 Å². The average molecular weight is 502 g/mol. The number of hydrogen-bond acceptors (Lipinski definition) is 4. The van der Waals surface area contributed by atoms with Gasteiger partial charge in [-0.3, -0.25) is 4.57 Å². The van der Waals surface area contributed by atoms with Crippen LogP contribution < -0.4 is 0 Å². The molecule has 9 aromatic rings. The summed E-state index contributed by atoms with van der Waals surface area (Å²) in [6.07, 6.45) is 0. The summed E-state index contributed by atoms with van der Waals surface area (Å²) in [7, 11) is 0.